The molecule has 20 heavy (non-hydrogen) atoms. The molecule has 12 heteroatoms. The van der Waals surface area contributed by atoms with Crippen molar-refractivity contribution >= 4 is 32.3 Å². The Morgan fingerprint density at radius 3 is 2.15 bits per heavy atom. The van der Waals surface area contributed by atoms with Gasteiger partial charge in [0.15, 0.2) is 0 Å². The van der Waals surface area contributed by atoms with Crippen LogP contribution in [0.2, 0.25) is 0 Å². The summed E-state index contributed by atoms with van der Waals surface area (Å²) in [5.74, 6) is -1.80. The number of carbonyl (C=O) groups excluding carboxylic acids is 2. The maximum atomic E-state index is 12.8. The number of nitrogens with zero attached hydrogens (tertiary/aromatic N) is 2. The van der Waals surface area contributed by atoms with E-state index in [2.05, 4.69) is 0 Å². The SMILES string of the molecule is C[C@H]1[C@H](N2CC(S(=O)(=O)F)CC2=O)C(=O)N1S(=O)(=O)O. The average Bonchev–Trinajstić information content (AvgIpc) is 2.58. The lowest BCUT2D eigenvalue weighted by Gasteiger charge is -2.46. The molecule has 2 aliphatic heterocycles. The molecule has 2 heterocycles. The summed E-state index contributed by atoms with van der Waals surface area (Å²) >= 11 is 0. The van der Waals surface area contributed by atoms with Crippen molar-refractivity contribution in [2.75, 3.05) is 6.54 Å². The lowest BCUT2D eigenvalue weighted by Crippen LogP contribution is -2.71. The normalized spacial score (nSPS) is 31.6. The third-order valence-electron chi connectivity index (χ3n) is 3.40. The van der Waals surface area contributed by atoms with Crippen LogP contribution in [0.25, 0.3) is 0 Å². The van der Waals surface area contributed by atoms with E-state index in [0.717, 1.165) is 4.90 Å². The number of carbonyl (C=O) groups is 2. The number of hydrogen-bond acceptors (Lipinski definition) is 6. The second-order valence-electron chi connectivity index (χ2n) is 4.65. The van der Waals surface area contributed by atoms with E-state index in [0.29, 0.717) is 0 Å². The minimum Gasteiger partial charge on any atom is -0.327 e. The Balaban J connectivity index is 2.20. The van der Waals surface area contributed by atoms with E-state index < -0.39 is 62.6 Å². The van der Waals surface area contributed by atoms with Gasteiger partial charge in [0.25, 0.3) is 5.91 Å². The predicted octanol–water partition coefficient (Wildman–Crippen LogP) is -1.71. The van der Waals surface area contributed by atoms with E-state index in [1.54, 1.807) is 0 Å². The zero-order valence-electron chi connectivity index (χ0n) is 10.1. The van der Waals surface area contributed by atoms with Crippen LogP contribution in [-0.4, -0.2) is 66.3 Å². The molecular formula is C8H11FN2O7S2. The van der Waals surface area contributed by atoms with Crippen molar-refractivity contribution in [3.05, 3.63) is 0 Å². The Morgan fingerprint density at radius 2 is 1.80 bits per heavy atom. The van der Waals surface area contributed by atoms with Crippen LogP contribution in [0, 0.1) is 0 Å². The lowest BCUT2D eigenvalue weighted by atomic mass is 9.99. The van der Waals surface area contributed by atoms with Crippen LogP contribution < -0.4 is 0 Å². The number of amides is 2. The van der Waals surface area contributed by atoms with Gasteiger partial charge < -0.3 is 4.90 Å². The Kier molecular flexibility index (Phi) is 3.30. The monoisotopic (exact) mass is 330 g/mol. The van der Waals surface area contributed by atoms with Crippen molar-refractivity contribution in [3.63, 3.8) is 0 Å². The molecule has 2 saturated heterocycles. The minimum absolute atomic E-state index is 0.183. The first-order valence-electron chi connectivity index (χ1n) is 5.48. The van der Waals surface area contributed by atoms with E-state index in [9.17, 15) is 30.3 Å². The van der Waals surface area contributed by atoms with Crippen LogP contribution in [0.4, 0.5) is 3.89 Å². The molecule has 3 atom stereocenters. The maximum Gasteiger partial charge on any atom is 0.362 e. The fourth-order valence-electron chi connectivity index (χ4n) is 2.46. The molecule has 0 aromatic rings. The second kappa shape index (κ2) is 4.36. The summed E-state index contributed by atoms with van der Waals surface area (Å²) in [6.07, 6.45) is -0.596. The molecule has 0 aromatic carbocycles. The third kappa shape index (κ3) is 2.27. The number of rotatable bonds is 3. The fourth-order valence-corrected chi connectivity index (χ4v) is 4.01. The molecule has 114 valence electrons. The van der Waals surface area contributed by atoms with Gasteiger partial charge in [0, 0.05) is 13.0 Å². The van der Waals surface area contributed by atoms with Crippen LogP contribution in [0.5, 0.6) is 0 Å². The number of β-lactam (4-membered cyclic amide) rings is 1. The minimum atomic E-state index is -4.92. The lowest BCUT2D eigenvalue weighted by molar-refractivity contribution is -0.154. The average molecular weight is 330 g/mol. The summed E-state index contributed by atoms with van der Waals surface area (Å²) in [6.45, 7) is 0.752. The van der Waals surface area contributed by atoms with Gasteiger partial charge in [-0.05, 0) is 6.92 Å². The fraction of sp³-hybridized carbons (Fsp3) is 0.750. The summed E-state index contributed by atoms with van der Waals surface area (Å²) in [7, 11) is -9.65. The first-order valence-corrected chi connectivity index (χ1v) is 8.32. The van der Waals surface area contributed by atoms with E-state index in [-0.39, 0.29) is 4.31 Å². The Labute approximate surface area is 114 Å². The highest BCUT2D eigenvalue weighted by Gasteiger charge is 2.57. The van der Waals surface area contributed by atoms with Crippen LogP contribution in [0.3, 0.4) is 0 Å². The number of likely N-dealkylation sites (tertiary alicyclic amines) is 1. The number of halogens is 1. The summed E-state index contributed by atoms with van der Waals surface area (Å²) in [5.41, 5.74) is 0. The molecule has 1 N–H and O–H groups in total. The van der Waals surface area contributed by atoms with Gasteiger partial charge in [0.05, 0.1) is 6.04 Å². The van der Waals surface area contributed by atoms with E-state index in [1.807, 2.05) is 0 Å². The van der Waals surface area contributed by atoms with E-state index in [4.69, 9.17) is 4.55 Å². The molecule has 0 spiro atoms. The summed E-state index contributed by atoms with van der Waals surface area (Å²) in [4.78, 5) is 24.1. The largest absolute Gasteiger partial charge is 0.362 e. The molecule has 0 saturated carbocycles. The molecular weight excluding hydrogens is 319 g/mol. The van der Waals surface area contributed by atoms with Crippen LogP contribution >= 0.6 is 0 Å². The molecule has 0 radical (unpaired) electrons. The first-order chi connectivity index (χ1) is 8.94. The van der Waals surface area contributed by atoms with Gasteiger partial charge in [-0.3, -0.25) is 14.1 Å². The van der Waals surface area contributed by atoms with Crippen molar-refractivity contribution in [2.45, 2.75) is 30.7 Å². The van der Waals surface area contributed by atoms with Crippen LogP contribution in [0.1, 0.15) is 13.3 Å². The molecule has 1 unspecified atom stereocenters. The quantitative estimate of drug-likeness (QED) is 0.370. The maximum absolute atomic E-state index is 12.8. The first kappa shape index (κ1) is 15.1. The van der Waals surface area contributed by atoms with Gasteiger partial charge >= 0.3 is 20.5 Å². The highest BCUT2D eigenvalue weighted by molar-refractivity contribution is 7.87. The van der Waals surface area contributed by atoms with Crippen molar-refractivity contribution < 1.29 is 34.9 Å². The van der Waals surface area contributed by atoms with Crippen molar-refractivity contribution in [1.82, 2.24) is 9.21 Å². The van der Waals surface area contributed by atoms with E-state index >= 15 is 0 Å². The molecule has 0 aliphatic carbocycles. The van der Waals surface area contributed by atoms with Gasteiger partial charge in [0.1, 0.15) is 11.3 Å². The van der Waals surface area contributed by atoms with Crippen LogP contribution in [0.15, 0.2) is 0 Å². The highest BCUT2D eigenvalue weighted by Crippen LogP contribution is 2.32. The number of hydrogen-bond donors (Lipinski definition) is 1. The highest BCUT2D eigenvalue weighted by atomic mass is 32.3. The molecule has 2 amide bonds. The smallest absolute Gasteiger partial charge is 0.327 e. The summed E-state index contributed by atoms with van der Waals surface area (Å²) < 4.78 is 65.2. The van der Waals surface area contributed by atoms with Gasteiger partial charge in [-0.1, -0.05) is 0 Å². The van der Waals surface area contributed by atoms with Crippen molar-refractivity contribution in [2.24, 2.45) is 0 Å². The predicted molar refractivity (Wildman–Crippen MR) is 61.8 cm³/mol. The Bertz CT molecular complexity index is 673. The molecule has 0 aromatic heterocycles. The second-order valence-corrected chi connectivity index (χ2v) is 7.55. The zero-order chi connectivity index (χ0) is 15.5. The van der Waals surface area contributed by atoms with Gasteiger partial charge in [-0.2, -0.15) is 16.8 Å². The molecule has 2 fully saturated rings. The van der Waals surface area contributed by atoms with E-state index in [1.165, 1.54) is 6.92 Å². The topological polar surface area (TPSA) is 129 Å². The molecule has 2 rings (SSSR count). The molecule has 9 nitrogen and oxygen atoms in total. The van der Waals surface area contributed by atoms with Crippen LogP contribution in [-0.2, 0) is 30.1 Å². The molecule has 2 aliphatic rings. The molecule has 0 bridgehead atoms. The summed E-state index contributed by atoms with van der Waals surface area (Å²) in [6, 6.07) is -2.25. The van der Waals surface area contributed by atoms with Crippen molar-refractivity contribution in [3.8, 4) is 0 Å². The van der Waals surface area contributed by atoms with Gasteiger partial charge in [0.2, 0.25) is 5.91 Å². The van der Waals surface area contributed by atoms with Gasteiger partial charge in [-0.25, -0.2) is 4.31 Å². The Hall–Kier alpha value is -1.27. The zero-order valence-corrected chi connectivity index (χ0v) is 11.8. The van der Waals surface area contributed by atoms with Crippen molar-refractivity contribution in [1.29, 1.82) is 0 Å². The Morgan fingerprint density at radius 1 is 1.25 bits per heavy atom. The summed E-state index contributed by atoms with van der Waals surface area (Å²) in [5, 5.41) is -1.56. The standard InChI is InChI=1S/C8H11FN2O7S2/c1-4-7(8(13)11(4)20(16,17)18)10-3-5(2-6(10)12)19(9,14)15/h4-5,7H,2-3H2,1H3,(H,16,17,18)/t4-,5?,7-/m0/s1. The third-order valence-corrected chi connectivity index (χ3v) is 5.52. The van der Waals surface area contributed by atoms with Gasteiger partial charge in [-0.15, -0.1) is 3.89 Å².